The van der Waals surface area contributed by atoms with Crippen molar-refractivity contribution in [2.24, 2.45) is 0 Å². The highest BCUT2D eigenvalue weighted by atomic mass is 16.6. The van der Waals surface area contributed by atoms with Crippen molar-refractivity contribution in [3.05, 3.63) is 70.3 Å². The summed E-state index contributed by atoms with van der Waals surface area (Å²) in [4.78, 5) is 35.4. The zero-order valence-corrected chi connectivity index (χ0v) is 18.0. The Morgan fingerprint density at radius 1 is 1.06 bits per heavy atom. The van der Waals surface area contributed by atoms with Gasteiger partial charge in [-0.15, -0.1) is 0 Å². The predicted octanol–water partition coefficient (Wildman–Crippen LogP) is 4.03. The molecule has 2 N–H and O–H groups in total. The Kier molecular flexibility index (Phi) is 8.09. The summed E-state index contributed by atoms with van der Waals surface area (Å²) in [6.07, 6.45) is -1.45. The molecule has 31 heavy (non-hydrogen) atoms. The molecule has 0 bridgehead atoms. The largest absolute Gasteiger partial charge is 0.444 e. The van der Waals surface area contributed by atoms with Crippen molar-refractivity contribution in [3.63, 3.8) is 0 Å². The van der Waals surface area contributed by atoms with Crippen molar-refractivity contribution >= 4 is 23.4 Å². The van der Waals surface area contributed by atoms with Crippen molar-refractivity contribution in [3.8, 4) is 0 Å². The molecule has 2 aromatic carbocycles. The Bertz CT molecular complexity index is 894. The van der Waals surface area contributed by atoms with Gasteiger partial charge in [0.2, 0.25) is 5.91 Å². The van der Waals surface area contributed by atoms with Crippen LogP contribution >= 0.6 is 0 Å². The van der Waals surface area contributed by atoms with Gasteiger partial charge in [0.25, 0.3) is 5.69 Å². The van der Waals surface area contributed by atoms with Gasteiger partial charge in [0.05, 0.1) is 17.6 Å². The number of hydrogen-bond donors (Lipinski definition) is 2. The zero-order chi connectivity index (χ0) is 23.0. The van der Waals surface area contributed by atoms with Gasteiger partial charge in [-0.1, -0.05) is 30.3 Å². The quantitative estimate of drug-likeness (QED) is 0.483. The van der Waals surface area contributed by atoms with Gasteiger partial charge in [0.1, 0.15) is 11.6 Å². The van der Waals surface area contributed by atoms with E-state index in [1.807, 2.05) is 30.3 Å². The predicted molar refractivity (Wildman–Crippen MR) is 116 cm³/mol. The maximum atomic E-state index is 12.9. The van der Waals surface area contributed by atoms with Crippen LogP contribution in [0.3, 0.4) is 0 Å². The molecule has 2 amide bonds. The summed E-state index contributed by atoms with van der Waals surface area (Å²) in [5.41, 5.74) is 0.432. The normalized spacial score (nSPS) is 13.0. The standard InChI is InChI=1S/C22H27N3O6/c1-15(30-14-16-8-6-5-7-9-16)19(24-21(27)31-22(2,3)4)20(26)23-17-10-12-18(13-11-17)25(28)29/h5-13,15,19H,14H2,1-4H3,(H,23,26)(H,24,27). The second-order valence-corrected chi connectivity index (χ2v) is 7.92. The Morgan fingerprint density at radius 2 is 1.68 bits per heavy atom. The average Bonchev–Trinajstić information content (AvgIpc) is 2.70. The summed E-state index contributed by atoms with van der Waals surface area (Å²) in [5, 5.41) is 16.0. The minimum Gasteiger partial charge on any atom is -0.444 e. The molecule has 0 fully saturated rings. The van der Waals surface area contributed by atoms with E-state index in [9.17, 15) is 19.7 Å². The van der Waals surface area contributed by atoms with E-state index in [1.54, 1.807) is 27.7 Å². The van der Waals surface area contributed by atoms with Gasteiger partial charge in [-0.05, 0) is 45.4 Å². The number of hydrogen-bond acceptors (Lipinski definition) is 6. The highest BCUT2D eigenvalue weighted by Crippen LogP contribution is 2.17. The van der Waals surface area contributed by atoms with Gasteiger partial charge >= 0.3 is 6.09 Å². The summed E-state index contributed by atoms with van der Waals surface area (Å²) in [5.74, 6) is -0.541. The third kappa shape index (κ3) is 8.06. The first kappa shape index (κ1) is 23.8. The van der Waals surface area contributed by atoms with Gasteiger partial charge in [-0.25, -0.2) is 4.79 Å². The maximum Gasteiger partial charge on any atom is 0.408 e. The van der Waals surface area contributed by atoms with E-state index >= 15 is 0 Å². The number of amides is 2. The highest BCUT2D eigenvalue weighted by molar-refractivity contribution is 5.97. The van der Waals surface area contributed by atoms with Crippen molar-refractivity contribution in [1.29, 1.82) is 0 Å². The molecule has 2 unspecified atom stereocenters. The number of non-ortho nitro benzene ring substituents is 1. The van der Waals surface area contributed by atoms with Crippen molar-refractivity contribution in [2.75, 3.05) is 5.32 Å². The van der Waals surface area contributed by atoms with E-state index in [1.165, 1.54) is 24.3 Å². The Morgan fingerprint density at radius 3 is 2.23 bits per heavy atom. The van der Waals surface area contributed by atoms with E-state index in [4.69, 9.17) is 9.47 Å². The molecule has 9 nitrogen and oxygen atoms in total. The SMILES string of the molecule is CC(OCc1ccccc1)C(NC(=O)OC(C)(C)C)C(=O)Nc1ccc([N+](=O)[O-])cc1. The van der Waals surface area contributed by atoms with Crippen LogP contribution in [0.1, 0.15) is 33.3 Å². The molecule has 0 saturated heterocycles. The first-order valence-electron chi connectivity index (χ1n) is 9.75. The first-order valence-corrected chi connectivity index (χ1v) is 9.75. The third-order valence-corrected chi connectivity index (χ3v) is 4.13. The molecule has 0 aromatic heterocycles. The fourth-order valence-electron chi connectivity index (χ4n) is 2.62. The molecular weight excluding hydrogens is 402 g/mol. The molecule has 0 aliphatic carbocycles. The van der Waals surface area contributed by atoms with Crippen LogP contribution in [-0.2, 0) is 20.9 Å². The molecule has 2 aromatic rings. The van der Waals surface area contributed by atoms with E-state index in [0.29, 0.717) is 5.69 Å². The number of ether oxygens (including phenoxy) is 2. The second-order valence-electron chi connectivity index (χ2n) is 7.92. The smallest absolute Gasteiger partial charge is 0.408 e. The summed E-state index contributed by atoms with van der Waals surface area (Å²) >= 11 is 0. The number of alkyl carbamates (subject to hydrolysis) is 1. The highest BCUT2D eigenvalue weighted by Gasteiger charge is 2.30. The molecule has 0 saturated carbocycles. The van der Waals surface area contributed by atoms with Crippen molar-refractivity contribution < 1.29 is 24.0 Å². The minimum atomic E-state index is -1.06. The number of carbonyl (C=O) groups is 2. The van der Waals surface area contributed by atoms with Crippen LogP contribution in [-0.4, -0.2) is 34.7 Å². The molecule has 0 spiro atoms. The third-order valence-electron chi connectivity index (χ3n) is 4.13. The fourth-order valence-corrected chi connectivity index (χ4v) is 2.62. The summed E-state index contributed by atoms with van der Waals surface area (Å²) in [6.45, 7) is 7.06. The average molecular weight is 429 g/mol. The molecule has 0 aliphatic rings. The summed E-state index contributed by atoms with van der Waals surface area (Å²) in [7, 11) is 0. The monoisotopic (exact) mass is 429 g/mol. The molecule has 166 valence electrons. The lowest BCUT2D eigenvalue weighted by Gasteiger charge is -2.27. The molecule has 2 atom stereocenters. The minimum absolute atomic E-state index is 0.0963. The van der Waals surface area contributed by atoms with Gasteiger partial charge in [0, 0.05) is 17.8 Å². The van der Waals surface area contributed by atoms with Crippen LogP contribution in [0.4, 0.5) is 16.2 Å². The summed E-state index contributed by atoms with van der Waals surface area (Å²) < 4.78 is 11.1. The lowest BCUT2D eigenvalue weighted by molar-refractivity contribution is -0.384. The summed E-state index contributed by atoms with van der Waals surface area (Å²) in [6, 6.07) is 13.7. The van der Waals surface area contributed by atoms with Crippen LogP contribution in [0.25, 0.3) is 0 Å². The molecule has 0 radical (unpaired) electrons. The maximum absolute atomic E-state index is 12.9. The van der Waals surface area contributed by atoms with Crippen LogP contribution in [0.2, 0.25) is 0 Å². The number of rotatable bonds is 8. The lowest BCUT2D eigenvalue weighted by atomic mass is 10.1. The first-order chi connectivity index (χ1) is 14.5. The van der Waals surface area contributed by atoms with E-state index in [0.717, 1.165) is 5.56 Å². The molecule has 0 aliphatic heterocycles. The second kappa shape index (κ2) is 10.5. The number of carbonyl (C=O) groups excluding carboxylic acids is 2. The van der Waals surface area contributed by atoms with Gasteiger partial charge in [-0.3, -0.25) is 14.9 Å². The van der Waals surface area contributed by atoms with Crippen LogP contribution < -0.4 is 10.6 Å². The molecule has 0 heterocycles. The number of nitrogens with zero attached hydrogens (tertiary/aromatic N) is 1. The van der Waals surface area contributed by atoms with Gasteiger partial charge in [0.15, 0.2) is 0 Å². The van der Waals surface area contributed by atoms with E-state index < -0.39 is 34.7 Å². The van der Waals surface area contributed by atoms with Crippen LogP contribution in [0.15, 0.2) is 54.6 Å². The fraction of sp³-hybridized carbons (Fsp3) is 0.364. The molecular formula is C22H27N3O6. The zero-order valence-electron chi connectivity index (χ0n) is 18.0. The van der Waals surface area contributed by atoms with Crippen molar-refractivity contribution in [1.82, 2.24) is 5.32 Å². The number of nitrogens with one attached hydrogen (secondary N) is 2. The number of benzene rings is 2. The van der Waals surface area contributed by atoms with E-state index in [2.05, 4.69) is 10.6 Å². The Labute approximate surface area is 180 Å². The van der Waals surface area contributed by atoms with Crippen LogP contribution in [0, 0.1) is 10.1 Å². The lowest BCUT2D eigenvalue weighted by Crippen LogP contribution is -2.52. The number of anilines is 1. The molecule has 2 rings (SSSR count). The topological polar surface area (TPSA) is 120 Å². The van der Waals surface area contributed by atoms with E-state index in [-0.39, 0.29) is 12.3 Å². The number of nitro benzene ring substituents is 1. The number of nitro groups is 1. The molecule has 9 heteroatoms. The van der Waals surface area contributed by atoms with Gasteiger partial charge < -0.3 is 20.1 Å². The van der Waals surface area contributed by atoms with Crippen molar-refractivity contribution in [2.45, 2.75) is 52.0 Å². The Hall–Kier alpha value is -3.46. The van der Waals surface area contributed by atoms with Crippen LogP contribution in [0.5, 0.6) is 0 Å². The van der Waals surface area contributed by atoms with Gasteiger partial charge in [-0.2, -0.15) is 0 Å². The Balaban J connectivity index is 2.11.